The molecule has 2 aromatic heterocycles. The van der Waals surface area contributed by atoms with Gasteiger partial charge in [0.15, 0.2) is 11.6 Å². The van der Waals surface area contributed by atoms with Gasteiger partial charge < -0.3 is 0 Å². The van der Waals surface area contributed by atoms with Crippen molar-refractivity contribution in [2.75, 3.05) is 0 Å². The van der Waals surface area contributed by atoms with Crippen molar-refractivity contribution >= 4 is 65.7 Å². The molecule has 0 spiro atoms. The molecule has 0 N–H and O–H groups in total. The van der Waals surface area contributed by atoms with Crippen LogP contribution >= 0.6 is 0 Å². The highest BCUT2D eigenvalue weighted by atomic mass is 16.1. The van der Waals surface area contributed by atoms with Crippen LogP contribution in [0.15, 0.2) is 146 Å². The molecular formula is C46H32N2O2. The molecule has 0 unspecified atom stereocenters. The Kier molecular flexibility index (Phi) is 7.35. The van der Waals surface area contributed by atoms with E-state index in [9.17, 15) is 9.59 Å². The molecule has 7 aromatic carbocycles. The Hall–Kier alpha value is -6.26. The molecule has 11 rings (SSSR count). The van der Waals surface area contributed by atoms with Crippen molar-refractivity contribution in [2.45, 2.75) is 25.7 Å². The van der Waals surface area contributed by atoms with Crippen molar-refractivity contribution in [1.82, 2.24) is 9.97 Å². The summed E-state index contributed by atoms with van der Waals surface area (Å²) in [6.07, 6.45) is 8.81. The molecule has 0 atom stereocenters. The molecule has 50 heavy (non-hydrogen) atoms. The Morgan fingerprint density at radius 1 is 0.420 bits per heavy atom. The van der Waals surface area contributed by atoms with Crippen LogP contribution in [0.2, 0.25) is 0 Å². The molecule has 0 aliphatic heterocycles. The molecule has 2 heterocycles. The number of carbonyl (C=O) groups excluding carboxylic acids is 2. The third kappa shape index (κ3) is 5.00. The van der Waals surface area contributed by atoms with Crippen LogP contribution in [-0.2, 0) is 12.8 Å². The maximum absolute atomic E-state index is 12.1. The molecule has 4 heteroatoms. The molecule has 238 valence electrons. The first-order valence-electron chi connectivity index (χ1n) is 17.2. The standard InChI is InChI=1S/C20H16.C14H8O2.C12H8N2/c1-2-7-17-15(4-1)12-16-9-8-13-5-3-6-14-10-11-18(17)20(16)19(13)14;15-13-9-5-1-2-6-10(9)14(16)12-8-4-3-7-11(12)13;1-3-9-5-6-10-4-2-8-14-12(10)11(9)13-7-1/h3,5-6,8-12H,1-2,4,7H2;1-8H;1-8H. The number of nitrogens with zero attached hydrogens (tertiary/aromatic N) is 2. The van der Waals surface area contributed by atoms with Crippen LogP contribution in [0, 0.1) is 0 Å². The predicted molar refractivity (Wildman–Crippen MR) is 204 cm³/mol. The quantitative estimate of drug-likeness (QED) is 0.154. The Bertz CT molecular complexity index is 2590. The second-order valence-electron chi connectivity index (χ2n) is 13.0. The zero-order valence-corrected chi connectivity index (χ0v) is 27.4. The minimum atomic E-state index is -0.0641. The number of pyridine rings is 2. The fourth-order valence-corrected chi connectivity index (χ4v) is 7.79. The van der Waals surface area contributed by atoms with E-state index in [2.05, 4.69) is 82.8 Å². The van der Waals surface area contributed by atoms with Crippen molar-refractivity contribution in [3.63, 3.8) is 0 Å². The number of benzene rings is 7. The normalized spacial score (nSPS) is 13.4. The van der Waals surface area contributed by atoms with Crippen LogP contribution in [0.4, 0.5) is 0 Å². The Balaban J connectivity index is 0.000000103. The van der Waals surface area contributed by atoms with Crippen LogP contribution < -0.4 is 0 Å². The number of ketones is 2. The summed E-state index contributed by atoms with van der Waals surface area (Å²) in [5.41, 5.74) is 7.18. The average molecular weight is 645 g/mol. The topological polar surface area (TPSA) is 59.9 Å². The van der Waals surface area contributed by atoms with Gasteiger partial charge in [-0.3, -0.25) is 19.6 Å². The molecule has 0 amide bonds. The van der Waals surface area contributed by atoms with Crippen molar-refractivity contribution in [1.29, 1.82) is 0 Å². The molecule has 9 aromatic rings. The highest BCUT2D eigenvalue weighted by Crippen LogP contribution is 2.39. The maximum atomic E-state index is 12.1. The number of rotatable bonds is 0. The summed E-state index contributed by atoms with van der Waals surface area (Å²) in [6, 6.07) is 44.4. The van der Waals surface area contributed by atoms with Crippen LogP contribution in [-0.4, -0.2) is 21.5 Å². The first kappa shape index (κ1) is 29.8. The van der Waals surface area contributed by atoms with Crippen LogP contribution in [0.5, 0.6) is 0 Å². The van der Waals surface area contributed by atoms with Gasteiger partial charge in [0.25, 0.3) is 0 Å². The lowest BCUT2D eigenvalue weighted by atomic mass is 9.84. The zero-order chi connectivity index (χ0) is 33.6. The molecule has 2 aliphatic rings. The predicted octanol–water partition coefficient (Wildman–Crippen LogP) is 10.7. The SMILES string of the molecule is O=C1c2ccccc2C(=O)c2ccccc21.c1cc2ccc3cc4c(c5ccc(c1)c2c35)CCCC4.c1cnc2c(c1)ccc1cccnc12. The van der Waals surface area contributed by atoms with E-state index in [0.29, 0.717) is 22.3 Å². The number of hydrogen-bond acceptors (Lipinski definition) is 4. The molecule has 0 fully saturated rings. The first-order chi connectivity index (χ1) is 24.7. The third-order valence-electron chi connectivity index (χ3n) is 10.2. The second-order valence-corrected chi connectivity index (χ2v) is 13.0. The Labute approximate surface area is 289 Å². The number of carbonyl (C=O) groups is 2. The number of aryl methyl sites for hydroxylation is 2. The number of aromatic nitrogens is 2. The lowest BCUT2D eigenvalue weighted by Crippen LogP contribution is -2.20. The molecule has 4 nitrogen and oxygen atoms in total. The molecule has 0 saturated carbocycles. The second kappa shape index (κ2) is 12.3. The summed E-state index contributed by atoms with van der Waals surface area (Å²) in [6.45, 7) is 0. The van der Waals surface area contributed by atoms with Gasteiger partial charge in [-0.25, -0.2) is 0 Å². The largest absolute Gasteiger partial charge is 0.289 e. The fraction of sp³-hybridized carbons (Fsp3) is 0.0870. The lowest BCUT2D eigenvalue weighted by Gasteiger charge is -2.21. The summed E-state index contributed by atoms with van der Waals surface area (Å²) in [4.78, 5) is 32.9. The van der Waals surface area contributed by atoms with E-state index >= 15 is 0 Å². The summed E-state index contributed by atoms with van der Waals surface area (Å²) in [5.74, 6) is -0.128. The molecule has 0 saturated heterocycles. The molecule has 0 radical (unpaired) electrons. The van der Waals surface area contributed by atoms with E-state index in [1.165, 1.54) is 58.0 Å². The van der Waals surface area contributed by atoms with Crippen LogP contribution in [0.25, 0.3) is 54.1 Å². The summed E-state index contributed by atoms with van der Waals surface area (Å²) in [5, 5.41) is 10.9. The highest BCUT2D eigenvalue weighted by Gasteiger charge is 2.28. The van der Waals surface area contributed by atoms with Crippen molar-refractivity contribution in [2.24, 2.45) is 0 Å². The fourth-order valence-electron chi connectivity index (χ4n) is 7.79. The molecular weight excluding hydrogens is 613 g/mol. The van der Waals surface area contributed by atoms with E-state index < -0.39 is 0 Å². The van der Waals surface area contributed by atoms with E-state index in [-0.39, 0.29) is 11.6 Å². The molecule has 0 bridgehead atoms. The lowest BCUT2D eigenvalue weighted by molar-refractivity contribution is 0.0979. The summed E-state index contributed by atoms with van der Waals surface area (Å²) >= 11 is 0. The van der Waals surface area contributed by atoms with Crippen molar-refractivity contribution < 1.29 is 9.59 Å². The van der Waals surface area contributed by atoms with Gasteiger partial charge in [0.2, 0.25) is 0 Å². The minimum absolute atomic E-state index is 0.0641. The van der Waals surface area contributed by atoms with E-state index in [1.807, 2.05) is 12.1 Å². The smallest absolute Gasteiger partial charge is 0.194 e. The molecule has 2 aliphatic carbocycles. The van der Waals surface area contributed by atoms with Crippen molar-refractivity contribution in [3.8, 4) is 0 Å². The van der Waals surface area contributed by atoms with E-state index in [1.54, 1.807) is 72.1 Å². The van der Waals surface area contributed by atoms with Gasteiger partial charge in [0.05, 0.1) is 11.0 Å². The van der Waals surface area contributed by atoms with Gasteiger partial charge in [-0.05, 0) is 81.3 Å². The summed E-state index contributed by atoms with van der Waals surface area (Å²) < 4.78 is 0. The number of hydrogen-bond donors (Lipinski definition) is 0. The van der Waals surface area contributed by atoms with Crippen molar-refractivity contribution in [3.05, 3.63) is 179 Å². The number of fused-ring (bicyclic) bond motifs is 7. The Morgan fingerprint density at radius 2 is 0.900 bits per heavy atom. The van der Waals surface area contributed by atoms with Crippen LogP contribution in [0.3, 0.4) is 0 Å². The van der Waals surface area contributed by atoms with Gasteiger partial charge in [-0.2, -0.15) is 0 Å². The first-order valence-corrected chi connectivity index (χ1v) is 17.2. The maximum Gasteiger partial charge on any atom is 0.194 e. The summed E-state index contributed by atoms with van der Waals surface area (Å²) in [7, 11) is 0. The van der Waals surface area contributed by atoms with Crippen LogP contribution in [0.1, 0.15) is 55.8 Å². The van der Waals surface area contributed by atoms with Gasteiger partial charge >= 0.3 is 0 Å². The Morgan fingerprint density at radius 3 is 1.48 bits per heavy atom. The van der Waals surface area contributed by atoms with Gasteiger partial charge in [0, 0.05) is 45.4 Å². The van der Waals surface area contributed by atoms with Gasteiger partial charge in [-0.1, -0.05) is 121 Å². The monoisotopic (exact) mass is 644 g/mol. The van der Waals surface area contributed by atoms with Gasteiger partial charge in [0.1, 0.15) is 0 Å². The average Bonchev–Trinajstić information content (AvgIpc) is 3.19. The van der Waals surface area contributed by atoms with E-state index in [4.69, 9.17) is 0 Å². The van der Waals surface area contributed by atoms with E-state index in [0.717, 1.165) is 21.8 Å². The third-order valence-corrected chi connectivity index (χ3v) is 10.2. The highest BCUT2D eigenvalue weighted by molar-refractivity contribution is 6.28. The minimum Gasteiger partial charge on any atom is -0.289 e. The van der Waals surface area contributed by atoms with Gasteiger partial charge in [-0.15, -0.1) is 0 Å². The zero-order valence-electron chi connectivity index (χ0n) is 27.4.